The molecule has 1 aliphatic rings. The van der Waals surface area contributed by atoms with E-state index in [-0.39, 0.29) is 6.03 Å². The molecular formula is C9H18N2O. The summed E-state index contributed by atoms with van der Waals surface area (Å²) in [6.07, 6.45) is 4.94. The fraction of sp³-hybridized carbons (Fsp3) is 0.889. The molecule has 70 valence electrons. The van der Waals surface area contributed by atoms with Crippen molar-refractivity contribution in [3.63, 3.8) is 0 Å². The lowest BCUT2D eigenvalue weighted by Crippen LogP contribution is -2.44. The summed E-state index contributed by atoms with van der Waals surface area (Å²) >= 11 is 0. The van der Waals surface area contributed by atoms with Gasteiger partial charge in [-0.15, -0.1) is 0 Å². The fourth-order valence-electron chi connectivity index (χ4n) is 1.77. The Labute approximate surface area is 73.9 Å². The Balaban J connectivity index is 2.33. The molecule has 0 bridgehead atoms. The molecule has 0 aromatic heterocycles. The van der Waals surface area contributed by atoms with Gasteiger partial charge in [-0.05, 0) is 18.8 Å². The highest BCUT2D eigenvalue weighted by Crippen LogP contribution is 2.23. The molecule has 2 amide bonds. The number of nitrogens with one attached hydrogen (secondary N) is 2. The Morgan fingerprint density at radius 3 is 2.58 bits per heavy atom. The lowest BCUT2D eigenvalue weighted by molar-refractivity contribution is 0.223. The first kappa shape index (κ1) is 9.36. The third-order valence-corrected chi connectivity index (χ3v) is 2.66. The topological polar surface area (TPSA) is 41.1 Å². The van der Waals surface area contributed by atoms with Crippen LogP contribution in [0.3, 0.4) is 0 Å². The van der Waals surface area contributed by atoms with Crippen LogP contribution in [0, 0.1) is 5.92 Å². The third-order valence-electron chi connectivity index (χ3n) is 2.66. The van der Waals surface area contributed by atoms with Gasteiger partial charge in [0.25, 0.3) is 0 Å². The van der Waals surface area contributed by atoms with Crippen LogP contribution in [0.1, 0.15) is 32.6 Å². The molecule has 3 nitrogen and oxygen atoms in total. The van der Waals surface area contributed by atoms with Crippen molar-refractivity contribution < 1.29 is 4.79 Å². The molecule has 12 heavy (non-hydrogen) atoms. The van der Waals surface area contributed by atoms with Crippen LogP contribution in [0.15, 0.2) is 0 Å². The van der Waals surface area contributed by atoms with E-state index < -0.39 is 0 Å². The number of carbonyl (C=O) groups is 1. The van der Waals surface area contributed by atoms with E-state index in [1.165, 1.54) is 19.3 Å². The predicted octanol–water partition coefficient (Wildman–Crippen LogP) is 1.49. The largest absolute Gasteiger partial charge is 0.341 e. The van der Waals surface area contributed by atoms with Crippen LogP contribution in [0.5, 0.6) is 0 Å². The summed E-state index contributed by atoms with van der Waals surface area (Å²) < 4.78 is 0. The normalized spacial score (nSPS) is 29.5. The summed E-state index contributed by atoms with van der Waals surface area (Å²) in [7, 11) is 1.66. The van der Waals surface area contributed by atoms with Crippen molar-refractivity contribution in [2.24, 2.45) is 5.92 Å². The minimum absolute atomic E-state index is 0.0475. The van der Waals surface area contributed by atoms with Gasteiger partial charge in [-0.3, -0.25) is 0 Å². The molecule has 0 saturated heterocycles. The van der Waals surface area contributed by atoms with Crippen molar-refractivity contribution in [2.45, 2.75) is 38.6 Å². The van der Waals surface area contributed by atoms with Gasteiger partial charge >= 0.3 is 6.03 Å². The van der Waals surface area contributed by atoms with Crippen molar-refractivity contribution in [3.8, 4) is 0 Å². The minimum atomic E-state index is -0.0475. The van der Waals surface area contributed by atoms with Crippen LogP contribution in [0.25, 0.3) is 0 Å². The second-order valence-corrected chi connectivity index (χ2v) is 3.59. The van der Waals surface area contributed by atoms with Gasteiger partial charge in [0.15, 0.2) is 0 Å². The monoisotopic (exact) mass is 170 g/mol. The first-order chi connectivity index (χ1) is 5.74. The molecular weight excluding hydrogens is 152 g/mol. The van der Waals surface area contributed by atoms with Crippen LogP contribution in [0.4, 0.5) is 4.79 Å². The molecule has 3 heteroatoms. The summed E-state index contributed by atoms with van der Waals surface area (Å²) in [4.78, 5) is 11.0. The van der Waals surface area contributed by atoms with Crippen molar-refractivity contribution in [2.75, 3.05) is 7.05 Å². The van der Waals surface area contributed by atoms with Crippen molar-refractivity contribution >= 4 is 6.03 Å². The molecule has 2 N–H and O–H groups in total. The summed E-state index contributed by atoms with van der Waals surface area (Å²) in [5.41, 5.74) is 0. The van der Waals surface area contributed by atoms with Gasteiger partial charge in [-0.1, -0.05) is 19.8 Å². The molecule has 0 aromatic carbocycles. The fourth-order valence-corrected chi connectivity index (χ4v) is 1.77. The van der Waals surface area contributed by atoms with Crippen LogP contribution in [-0.4, -0.2) is 19.1 Å². The smallest absolute Gasteiger partial charge is 0.314 e. The molecule has 1 fully saturated rings. The number of urea groups is 1. The molecule has 0 aromatic rings. The van der Waals surface area contributed by atoms with E-state index in [0.717, 1.165) is 6.42 Å². The molecule has 0 radical (unpaired) electrons. The van der Waals surface area contributed by atoms with E-state index in [0.29, 0.717) is 12.0 Å². The Bertz CT molecular complexity index is 159. The van der Waals surface area contributed by atoms with Crippen molar-refractivity contribution in [1.82, 2.24) is 10.6 Å². The zero-order chi connectivity index (χ0) is 8.97. The highest BCUT2D eigenvalue weighted by atomic mass is 16.2. The Hall–Kier alpha value is -0.730. The van der Waals surface area contributed by atoms with Crippen LogP contribution >= 0.6 is 0 Å². The maximum Gasteiger partial charge on any atom is 0.314 e. The summed E-state index contributed by atoms with van der Waals surface area (Å²) in [6.45, 7) is 2.21. The standard InChI is InChI=1S/C9H18N2O/c1-7-5-3-4-6-8(7)11-9(12)10-2/h7-8H,3-6H2,1-2H3,(H2,10,11,12)/t7-,8?/m0/s1. The average Bonchev–Trinajstić information content (AvgIpc) is 2.09. The first-order valence-corrected chi connectivity index (χ1v) is 4.72. The number of carbonyl (C=O) groups excluding carboxylic acids is 1. The molecule has 1 rings (SSSR count). The number of amides is 2. The molecule has 0 spiro atoms. The summed E-state index contributed by atoms with van der Waals surface area (Å²) in [5, 5.41) is 5.55. The highest BCUT2D eigenvalue weighted by Gasteiger charge is 2.21. The third kappa shape index (κ3) is 2.40. The van der Waals surface area contributed by atoms with E-state index in [1.54, 1.807) is 7.05 Å². The Kier molecular flexibility index (Phi) is 3.38. The zero-order valence-corrected chi connectivity index (χ0v) is 7.89. The van der Waals surface area contributed by atoms with Gasteiger partial charge < -0.3 is 10.6 Å². The maximum absolute atomic E-state index is 11.0. The SMILES string of the molecule is CNC(=O)NC1CCCC[C@@H]1C. The van der Waals surface area contributed by atoms with Gasteiger partial charge in [0.2, 0.25) is 0 Å². The Morgan fingerprint density at radius 2 is 2.00 bits per heavy atom. The molecule has 1 aliphatic carbocycles. The van der Waals surface area contributed by atoms with Gasteiger partial charge in [0.1, 0.15) is 0 Å². The zero-order valence-electron chi connectivity index (χ0n) is 7.89. The first-order valence-electron chi connectivity index (χ1n) is 4.72. The van der Waals surface area contributed by atoms with E-state index in [2.05, 4.69) is 17.6 Å². The van der Waals surface area contributed by atoms with E-state index >= 15 is 0 Å². The second-order valence-electron chi connectivity index (χ2n) is 3.59. The lowest BCUT2D eigenvalue weighted by Gasteiger charge is -2.29. The number of rotatable bonds is 1. The summed E-state index contributed by atoms with van der Waals surface area (Å²) in [6, 6.07) is 0.340. The lowest BCUT2D eigenvalue weighted by atomic mass is 9.86. The van der Waals surface area contributed by atoms with E-state index in [1.807, 2.05) is 0 Å². The van der Waals surface area contributed by atoms with Gasteiger partial charge in [0, 0.05) is 13.1 Å². The maximum atomic E-state index is 11.0. The number of hydrogen-bond acceptors (Lipinski definition) is 1. The Morgan fingerprint density at radius 1 is 1.33 bits per heavy atom. The van der Waals surface area contributed by atoms with E-state index in [4.69, 9.17) is 0 Å². The highest BCUT2D eigenvalue weighted by molar-refractivity contribution is 5.73. The second kappa shape index (κ2) is 4.33. The molecule has 1 saturated carbocycles. The van der Waals surface area contributed by atoms with Crippen LogP contribution in [-0.2, 0) is 0 Å². The molecule has 0 heterocycles. The van der Waals surface area contributed by atoms with E-state index in [9.17, 15) is 4.79 Å². The number of hydrogen-bond donors (Lipinski definition) is 2. The van der Waals surface area contributed by atoms with Gasteiger partial charge in [0.05, 0.1) is 0 Å². The van der Waals surface area contributed by atoms with Gasteiger partial charge in [-0.2, -0.15) is 0 Å². The predicted molar refractivity (Wildman–Crippen MR) is 49.0 cm³/mol. The van der Waals surface area contributed by atoms with Crippen LogP contribution in [0.2, 0.25) is 0 Å². The molecule has 2 atom stereocenters. The summed E-state index contributed by atoms with van der Waals surface area (Å²) in [5.74, 6) is 0.635. The van der Waals surface area contributed by atoms with Crippen LogP contribution < -0.4 is 10.6 Å². The van der Waals surface area contributed by atoms with Gasteiger partial charge in [-0.25, -0.2) is 4.79 Å². The minimum Gasteiger partial charge on any atom is -0.341 e. The average molecular weight is 170 g/mol. The van der Waals surface area contributed by atoms with Crippen molar-refractivity contribution in [1.29, 1.82) is 0 Å². The molecule has 0 aliphatic heterocycles. The van der Waals surface area contributed by atoms with Crippen molar-refractivity contribution in [3.05, 3.63) is 0 Å². The quantitative estimate of drug-likeness (QED) is 0.615. The molecule has 1 unspecified atom stereocenters.